The Bertz CT molecular complexity index is 789. The first-order chi connectivity index (χ1) is 11.5. The Kier molecular flexibility index (Phi) is 4.98. The van der Waals surface area contributed by atoms with Crippen LogP contribution in [-0.4, -0.2) is 31.1 Å². The molecule has 0 radical (unpaired) electrons. The summed E-state index contributed by atoms with van der Waals surface area (Å²) in [7, 11) is -1.79. The number of aromatic nitrogens is 2. The molecule has 3 rings (SSSR count). The minimum Gasteiger partial charge on any atom is -0.370 e. The molecule has 0 unspecified atom stereocenters. The van der Waals surface area contributed by atoms with Gasteiger partial charge in [-0.15, -0.1) is 0 Å². The summed E-state index contributed by atoms with van der Waals surface area (Å²) in [6, 6.07) is 4.78. The fraction of sp³-hybridized carbons (Fsp3) is 0.438. The van der Waals surface area contributed by atoms with Gasteiger partial charge in [0, 0.05) is 38.5 Å². The van der Waals surface area contributed by atoms with Gasteiger partial charge in [0.25, 0.3) is 0 Å². The fourth-order valence-electron chi connectivity index (χ4n) is 2.90. The Balaban J connectivity index is 1.72. The van der Waals surface area contributed by atoms with Crippen molar-refractivity contribution in [1.29, 1.82) is 0 Å². The third-order valence-corrected chi connectivity index (χ3v) is 5.66. The van der Waals surface area contributed by atoms with E-state index in [-0.39, 0.29) is 23.5 Å². The van der Waals surface area contributed by atoms with Crippen LogP contribution in [0.4, 0.5) is 4.39 Å². The van der Waals surface area contributed by atoms with Crippen molar-refractivity contribution in [2.24, 2.45) is 13.0 Å². The third-order valence-electron chi connectivity index (χ3n) is 4.22. The highest BCUT2D eigenvalue weighted by Gasteiger charge is 2.31. The molecular weight excluding hydrogens is 333 g/mol. The Labute approximate surface area is 140 Å². The first kappa shape index (κ1) is 17.1. The lowest BCUT2D eigenvalue weighted by Gasteiger charge is -2.31. The lowest BCUT2D eigenvalue weighted by atomic mass is 9.94. The van der Waals surface area contributed by atoms with Crippen LogP contribution >= 0.6 is 0 Å². The van der Waals surface area contributed by atoms with Gasteiger partial charge in [-0.3, -0.25) is 0 Å². The normalized spacial score (nSPS) is 21.8. The summed E-state index contributed by atoms with van der Waals surface area (Å²) < 4.78 is 48.0. The first-order valence-electron chi connectivity index (χ1n) is 7.81. The average molecular weight is 353 g/mol. The van der Waals surface area contributed by atoms with Crippen molar-refractivity contribution < 1.29 is 17.5 Å². The molecule has 2 heterocycles. The van der Waals surface area contributed by atoms with E-state index in [0.717, 1.165) is 30.8 Å². The van der Waals surface area contributed by atoms with E-state index < -0.39 is 15.8 Å². The van der Waals surface area contributed by atoms with Crippen LogP contribution in [0.5, 0.6) is 0 Å². The summed E-state index contributed by atoms with van der Waals surface area (Å²) in [4.78, 5) is 4.37. The zero-order valence-corrected chi connectivity index (χ0v) is 14.2. The van der Waals surface area contributed by atoms with Gasteiger partial charge in [-0.05, 0) is 37.1 Å². The number of imidazole rings is 1. The van der Waals surface area contributed by atoms with Crippen LogP contribution < -0.4 is 4.72 Å². The van der Waals surface area contributed by atoms with Gasteiger partial charge in [0.15, 0.2) is 0 Å². The maximum Gasteiger partial charge on any atom is 0.240 e. The van der Waals surface area contributed by atoms with E-state index in [2.05, 4.69) is 9.71 Å². The predicted octanol–water partition coefficient (Wildman–Crippen LogP) is 2.01. The smallest absolute Gasteiger partial charge is 0.240 e. The minimum atomic E-state index is -3.68. The van der Waals surface area contributed by atoms with Crippen molar-refractivity contribution in [3.05, 3.63) is 48.3 Å². The zero-order chi connectivity index (χ0) is 17.2. The summed E-state index contributed by atoms with van der Waals surface area (Å²) >= 11 is 0. The Morgan fingerprint density at radius 3 is 2.79 bits per heavy atom. The number of hydrogen-bond donors (Lipinski definition) is 1. The Morgan fingerprint density at radius 1 is 1.38 bits per heavy atom. The average Bonchev–Trinajstić information content (AvgIpc) is 3.00. The third kappa shape index (κ3) is 3.66. The molecule has 1 N–H and O–H groups in total. The van der Waals surface area contributed by atoms with Crippen LogP contribution in [0.25, 0.3) is 0 Å². The van der Waals surface area contributed by atoms with E-state index in [1.165, 1.54) is 12.1 Å². The van der Waals surface area contributed by atoms with Crippen LogP contribution in [0.3, 0.4) is 0 Å². The van der Waals surface area contributed by atoms with Gasteiger partial charge in [0.1, 0.15) is 17.7 Å². The number of aryl methyl sites for hydroxylation is 1. The molecule has 1 aromatic carbocycles. The van der Waals surface area contributed by atoms with Crippen LogP contribution in [0.15, 0.2) is 41.6 Å². The van der Waals surface area contributed by atoms with Crippen molar-refractivity contribution in [3.63, 3.8) is 0 Å². The molecule has 0 bridgehead atoms. The van der Waals surface area contributed by atoms with Gasteiger partial charge in [0.2, 0.25) is 10.0 Å². The molecule has 6 nitrogen and oxygen atoms in total. The lowest BCUT2D eigenvalue weighted by Crippen LogP contribution is -2.36. The second-order valence-electron chi connectivity index (χ2n) is 5.90. The summed E-state index contributed by atoms with van der Waals surface area (Å²) in [6.45, 7) is 0.885. The SMILES string of the molecule is Cn1ccnc1[C@@H]1OCCC[C@H]1CNS(=O)(=O)c1ccc(F)cc1. The highest BCUT2D eigenvalue weighted by Crippen LogP contribution is 2.32. The second kappa shape index (κ2) is 7.00. The van der Waals surface area contributed by atoms with E-state index in [1.807, 2.05) is 17.8 Å². The van der Waals surface area contributed by atoms with E-state index in [1.54, 1.807) is 6.20 Å². The van der Waals surface area contributed by atoms with Gasteiger partial charge < -0.3 is 9.30 Å². The van der Waals surface area contributed by atoms with Gasteiger partial charge in [-0.2, -0.15) is 0 Å². The summed E-state index contributed by atoms with van der Waals surface area (Å²) in [5, 5.41) is 0. The van der Waals surface area contributed by atoms with Crippen LogP contribution in [0.2, 0.25) is 0 Å². The van der Waals surface area contributed by atoms with E-state index in [4.69, 9.17) is 4.74 Å². The molecule has 1 aromatic heterocycles. The molecule has 130 valence electrons. The number of hydrogen-bond acceptors (Lipinski definition) is 4. The molecular formula is C16H20FN3O3S. The van der Waals surface area contributed by atoms with Gasteiger partial charge in [-0.25, -0.2) is 22.5 Å². The Morgan fingerprint density at radius 2 is 2.12 bits per heavy atom. The highest BCUT2D eigenvalue weighted by atomic mass is 32.2. The molecule has 0 aliphatic carbocycles. The molecule has 1 fully saturated rings. The second-order valence-corrected chi connectivity index (χ2v) is 7.66. The standard InChI is InChI=1S/C16H20FN3O3S/c1-20-9-8-18-16(20)15-12(3-2-10-23-15)11-19-24(21,22)14-6-4-13(17)5-7-14/h4-9,12,15,19H,2-3,10-11H2,1H3/t12-,15+/m0/s1. The van der Waals surface area contributed by atoms with Gasteiger partial charge >= 0.3 is 0 Å². The van der Waals surface area contributed by atoms with Gasteiger partial charge in [0.05, 0.1) is 4.90 Å². The lowest BCUT2D eigenvalue weighted by molar-refractivity contribution is -0.0328. The maximum absolute atomic E-state index is 13.0. The molecule has 8 heteroatoms. The topological polar surface area (TPSA) is 73.2 Å². The highest BCUT2D eigenvalue weighted by molar-refractivity contribution is 7.89. The summed E-state index contributed by atoms with van der Waals surface area (Å²) in [5.74, 6) is 0.320. The van der Waals surface area contributed by atoms with E-state index in [9.17, 15) is 12.8 Å². The van der Waals surface area contributed by atoms with Crippen molar-refractivity contribution in [2.45, 2.75) is 23.8 Å². The quantitative estimate of drug-likeness (QED) is 0.892. The number of ether oxygens (including phenoxy) is 1. The van der Waals surface area contributed by atoms with Gasteiger partial charge in [-0.1, -0.05) is 0 Å². The number of halogens is 1. The first-order valence-corrected chi connectivity index (χ1v) is 9.30. The number of sulfonamides is 1. The number of nitrogens with zero attached hydrogens (tertiary/aromatic N) is 2. The van der Waals surface area contributed by atoms with Crippen molar-refractivity contribution >= 4 is 10.0 Å². The van der Waals surface area contributed by atoms with E-state index >= 15 is 0 Å². The number of rotatable bonds is 5. The summed E-state index contributed by atoms with van der Waals surface area (Å²) in [6.07, 6.45) is 5.03. The molecule has 0 amide bonds. The summed E-state index contributed by atoms with van der Waals surface area (Å²) in [5.41, 5.74) is 0. The number of benzene rings is 1. The zero-order valence-electron chi connectivity index (χ0n) is 13.4. The fourth-order valence-corrected chi connectivity index (χ4v) is 4.00. The number of nitrogens with one attached hydrogen (secondary N) is 1. The van der Waals surface area contributed by atoms with E-state index in [0.29, 0.717) is 6.61 Å². The van der Waals surface area contributed by atoms with Crippen molar-refractivity contribution in [2.75, 3.05) is 13.2 Å². The van der Waals surface area contributed by atoms with Crippen molar-refractivity contribution in [1.82, 2.24) is 14.3 Å². The molecule has 1 aliphatic heterocycles. The predicted molar refractivity (Wildman–Crippen MR) is 86.2 cm³/mol. The van der Waals surface area contributed by atoms with Crippen LogP contribution in [-0.2, 0) is 21.8 Å². The van der Waals surface area contributed by atoms with Crippen LogP contribution in [0, 0.1) is 11.7 Å². The largest absolute Gasteiger partial charge is 0.370 e. The molecule has 1 saturated heterocycles. The molecule has 2 atom stereocenters. The monoisotopic (exact) mass is 353 g/mol. The van der Waals surface area contributed by atoms with Crippen LogP contribution in [0.1, 0.15) is 24.8 Å². The molecule has 2 aromatic rings. The molecule has 0 spiro atoms. The Hall–Kier alpha value is -1.77. The minimum absolute atomic E-state index is 0.00456. The molecule has 0 saturated carbocycles. The molecule has 24 heavy (non-hydrogen) atoms. The van der Waals surface area contributed by atoms with Crippen molar-refractivity contribution in [3.8, 4) is 0 Å². The molecule has 1 aliphatic rings. The maximum atomic E-state index is 13.0.